The number of halogens is 1. The molecule has 1 aliphatic carbocycles. The van der Waals surface area contributed by atoms with Crippen LogP contribution in [0.2, 0.25) is 0 Å². The van der Waals surface area contributed by atoms with E-state index in [9.17, 15) is 4.39 Å². The summed E-state index contributed by atoms with van der Waals surface area (Å²) < 4.78 is 12.6. The molecule has 0 aliphatic heterocycles. The van der Waals surface area contributed by atoms with Gasteiger partial charge < -0.3 is 10.8 Å². The second-order valence-electron chi connectivity index (χ2n) is 3.32. The number of phenolic OH excluding ortho intramolecular Hbond substituents is 1. The van der Waals surface area contributed by atoms with E-state index in [0.717, 1.165) is 18.4 Å². The minimum absolute atomic E-state index is 0.300. The Hall–Kier alpha value is -1.09. The van der Waals surface area contributed by atoms with Gasteiger partial charge in [-0.15, -0.1) is 0 Å². The first-order chi connectivity index (χ1) is 5.62. The molecule has 1 aromatic rings. The van der Waals surface area contributed by atoms with Gasteiger partial charge in [-0.1, -0.05) is 6.07 Å². The highest BCUT2D eigenvalue weighted by molar-refractivity contribution is 5.36. The second kappa shape index (κ2) is 2.20. The molecule has 0 amide bonds. The monoisotopic (exact) mass is 167 g/mol. The Morgan fingerprint density at radius 2 is 2.08 bits per heavy atom. The highest BCUT2D eigenvalue weighted by Crippen LogP contribution is 2.43. The van der Waals surface area contributed by atoms with Gasteiger partial charge in [0.2, 0.25) is 0 Å². The van der Waals surface area contributed by atoms with Crippen LogP contribution < -0.4 is 5.73 Å². The summed E-state index contributed by atoms with van der Waals surface area (Å²) in [6, 6.07) is 4.28. The van der Waals surface area contributed by atoms with Crippen molar-refractivity contribution in [3.8, 4) is 5.75 Å². The molecule has 12 heavy (non-hydrogen) atoms. The third-order valence-electron chi connectivity index (χ3n) is 2.31. The maximum absolute atomic E-state index is 12.6. The van der Waals surface area contributed by atoms with E-state index in [0.29, 0.717) is 0 Å². The maximum Gasteiger partial charge on any atom is 0.164 e. The zero-order valence-electron chi connectivity index (χ0n) is 6.55. The fourth-order valence-corrected chi connectivity index (χ4v) is 1.25. The highest BCUT2D eigenvalue weighted by Gasteiger charge is 2.40. The van der Waals surface area contributed by atoms with Gasteiger partial charge in [0.1, 0.15) is 0 Å². The third kappa shape index (κ3) is 1.06. The first-order valence-corrected chi connectivity index (χ1v) is 3.90. The van der Waals surface area contributed by atoms with Gasteiger partial charge in [0.15, 0.2) is 11.6 Å². The molecule has 3 N–H and O–H groups in total. The van der Waals surface area contributed by atoms with Crippen LogP contribution in [0.5, 0.6) is 5.75 Å². The molecule has 0 saturated heterocycles. The lowest BCUT2D eigenvalue weighted by atomic mass is 10.1. The van der Waals surface area contributed by atoms with Crippen LogP contribution in [0.3, 0.4) is 0 Å². The van der Waals surface area contributed by atoms with Gasteiger partial charge in [0.25, 0.3) is 0 Å². The zero-order valence-corrected chi connectivity index (χ0v) is 6.55. The molecule has 0 bridgehead atoms. The second-order valence-corrected chi connectivity index (χ2v) is 3.32. The molecule has 1 aliphatic rings. The first-order valence-electron chi connectivity index (χ1n) is 3.90. The summed E-state index contributed by atoms with van der Waals surface area (Å²) in [5, 5.41) is 9.06. The molecule has 2 rings (SSSR count). The van der Waals surface area contributed by atoms with Gasteiger partial charge in [-0.05, 0) is 30.5 Å². The van der Waals surface area contributed by atoms with Crippen LogP contribution >= 0.6 is 0 Å². The molecule has 0 spiro atoms. The number of hydrogen-bond acceptors (Lipinski definition) is 2. The fourth-order valence-electron chi connectivity index (χ4n) is 1.25. The standard InChI is InChI=1S/C9H10FNO/c10-7-2-1-6(5-8(7)12)9(11)3-4-9/h1-2,5,12H,3-4,11H2. The predicted octanol–water partition coefficient (Wildman–Crippen LogP) is 1.48. The topological polar surface area (TPSA) is 46.2 Å². The van der Waals surface area contributed by atoms with Crippen LogP contribution in [0, 0.1) is 5.82 Å². The Morgan fingerprint density at radius 1 is 1.42 bits per heavy atom. The Bertz CT molecular complexity index is 320. The van der Waals surface area contributed by atoms with Crippen molar-refractivity contribution in [1.29, 1.82) is 0 Å². The molecular weight excluding hydrogens is 157 g/mol. The van der Waals surface area contributed by atoms with Crippen LogP contribution in [-0.2, 0) is 5.54 Å². The van der Waals surface area contributed by atoms with Gasteiger partial charge in [-0.25, -0.2) is 4.39 Å². The molecule has 0 unspecified atom stereocenters. The van der Waals surface area contributed by atoms with E-state index in [-0.39, 0.29) is 11.3 Å². The van der Waals surface area contributed by atoms with Crippen LogP contribution in [-0.4, -0.2) is 5.11 Å². The Morgan fingerprint density at radius 3 is 2.58 bits per heavy atom. The van der Waals surface area contributed by atoms with Gasteiger partial charge in [-0.2, -0.15) is 0 Å². The van der Waals surface area contributed by atoms with E-state index >= 15 is 0 Å². The smallest absolute Gasteiger partial charge is 0.164 e. The number of nitrogens with two attached hydrogens (primary N) is 1. The van der Waals surface area contributed by atoms with E-state index in [1.165, 1.54) is 12.1 Å². The lowest BCUT2D eigenvalue weighted by molar-refractivity contribution is 0.430. The summed E-state index contributed by atoms with van der Waals surface area (Å²) >= 11 is 0. The van der Waals surface area contributed by atoms with Gasteiger partial charge in [0.05, 0.1) is 0 Å². The molecule has 2 nitrogen and oxygen atoms in total. The minimum atomic E-state index is -0.594. The lowest BCUT2D eigenvalue weighted by Crippen LogP contribution is -2.18. The number of aromatic hydroxyl groups is 1. The summed E-state index contributed by atoms with van der Waals surface area (Å²) in [7, 11) is 0. The van der Waals surface area contributed by atoms with Crippen LogP contribution in [0.15, 0.2) is 18.2 Å². The van der Waals surface area contributed by atoms with E-state index < -0.39 is 5.82 Å². The summed E-state index contributed by atoms with van der Waals surface area (Å²) in [4.78, 5) is 0. The first kappa shape index (κ1) is 7.55. The summed E-state index contributed by atoms with van der Waals surface area (Å²) in [6.45, 7) is 0. The predicted molar refractivity (Wildman–Crippen MR) is 43.2 cm³/mol. The normalized spacial score (nSPS) is 19.2. The highest BCUT2D eigenvalue weighted by atomic mass is 19.1. The zero-order chi connectivity index (χ0) is 8.77. The minimum Gasteiger partial charge on any atom is -0.505 e. The number of phenols is 1. The van der Waals surface area contributed by atoms with E-state index in [1.807, 2.05) is 0 Å². The van der Waals surface area contributed by atoms with Crippen LogP contribution in [0.25, 0.3) is 0 Å². The van der Waals surface area contributed by atoms with Crippen molar-refractivity contribution in [2.45, 2.75) is 18.4 Å². The van der Waals surface area contributed by atoms with Crippen molar-refractivity contribution in [2.75, 3.05) is 0 Å². The quantitative estimate of drug-likeness (QED) is 0.665. The van der Waals surface area contributed by atoms with Crippen molar-refractivity contribution in [3.63, 3.8) is 0 Å². The largest absolute Gasteiger partial charge is 0.505 e. The molecule has 1 fully saturated rings. The molecule has 3 heteroatoms. The van der Waals surface area contributed by atoms with E-state index in [4.69, 9.17) is 10.8 Å². The molecule has 64 valence electrons. The Balaban J connectivity index is 2.41. The third-order valence-corrected chi connectivity index (χ3v) is 2.31. The fraction of sp³-hybridized carbons (Fsp3) is 0.333. The summed E-state index contributed by atoms with van der Waals surface area (Å²) in [6.07, 6.45) is 1.83. The van der Waals surface area contributed by atoms with E-state index in [1.54, 1.807) is 6.07 Å². The molecule has 0 radical (unpaired) electrons. The molecular formula is C9H10FNO. The maximum atomic E-state index is 12.6. The molecule has 0 heterocycles. The van der Waals surface area contributed by atoms with Crippen molar-refractivity contribution in [3.05, 3.63) is 29.6 Å². The van der Waals surface area contributed by atoms with Crippen LogP contribution in [0.4, 0.5) is 4.39 Å². The summed E-state index contributed by atoms with van der Waals surface area (Å²) in [5.41, 5.74) is 6.37. The van der Waals surface area contributed by atoms with Crippen molar-refractivity contribution in [1.82, 2.24) is 0 Å². The molecule has 0 aromatic heterocycles. The van der Waals surface area contributed by atoms with Crippen molar-refractivity contribution in [2.24, 2.45) is 5.73 Å². The van der Waals surface area contributed by atoms with Gasteiger partial charge >= 0.3 is 0 Å². The molecule has 0 atom stereocenters. The number of hydrogen-bond donors (Lipinski definition) is 2. The van der Waals surface area contributed by atoms with Gasteiger partial charge in [0, 0.05) is 5.54 Å². The van der Waals surface area contributed by atoms with E-state index in [2.05, 4.69) is 0 Å². The number of rotatable bonds is 1. The van der Waals surface area contributed by atoms with Gasteiger partial charge in [-0.3, -0.25) is 0 Å². The summed E-state index contributed by atoms with van der Waals surface area (Å²) in [5.74, 6) is -0.910. The lowest BCUT2D eigenvalue weighted by Gasteiger charge is -2.08. The molecule has 1 aromatic carbocycles. The number of benzene rings is 1. The average molecular weight is 167 g/mol. The molecule has 1 saturated carbocycles. The van der Waals surface area contributed by atoms with Crippen molar-refractivity contribution < 1.29 is 9.50 Å². The average Bonchev–Trinajstić information content (AvgIpc) is 2.75. The Kier molecular flexibility index (Phi) is 1.38. The SMILES string of the molecule is NC1(c2ccc(F)c(O)c2)CC1. The van der Waals surface area contributed by atoms with Crippen molar-refractivity contribution >= 4 is 0 Å². The van der Waals surface area contributed by atoms with Crippen LogP contribution in [0.1, 0.15) is 18.4 Å². The Labute approximate surface area is 69.8 Å².